The third-order valence-electron chi connectivity index (χ3n) is 2.50. The van der Waals surface area contributed by atoms with Gasteiger partial charge in [0, 0.05) is 25.1 Å². The highest BCUT2D eigenvalue weighted by Crippen LogP contribution is 2.29. The second-order valence-corrected chi connectivity index (χ2v) is 4.08. The zero-order valence-corrected chi connectivity index (χ0v) is 11.5. The minimum Gasteiger partial charge on any atom is -0.466 e. The number of nitrogens with two attached hydrogens (primary N) is 1. The van der Waals surface area contributed by atoms with Crippen molar-refractivity contribution >= 4 is 17.3 Å². The maximum Gasteiger partial charge on any atom is 0.387 e. The van der Waals surface area contributed by atoms with Gasteiger partial charge in [-0.15, -0.1) is 0 Å². The topological polar surface area (TPSA) is 73.6 Å². The number of carbonyl (C=O) groups excluding carboxylic acids is 1. The van der Waals surface area contributed by atoms with E-state index in [-0.39, 0.29) is 23.8 Å². The number of carbonyl (C=O) groups is 1. The zero-order chi connectivity index (χ0) is 15.8. The lowest BCUT2D eigenvalue weighted by Gasteiger charge is -2.12. The fourth-order valence-electron chi connectivity index (χ4n) is 1.60. The summed E-state index contributed by atoms with van der Waals surface area (Å²) >= 11 is 0. The van der Waals surface area contributed by atoms with Crippen molar-refractivity contribution in [1.29, 1.82) is 0 Å². The first-order valence-corrected chi connectivity index (χ1v) is 6.37. The summed E-state index contributed by atoms with van der Waals surface area (Å²) in [4.78, 5) is 11.1. The van der Waals surface area contributed by atoms with Crippen molar-refractivity contribution in [3.63, 3.8) is 0 Å². The summed E-state index contributed by atoms with van der Waals surface area (Å²) in [5.74, 6) is -1.88. The molecule has 0 amide bonds. The molecule has 0 atom stereocenters. The fourth-order valence-corrected chi connectivity index (χ4v) is 1.60. The van der Waals surface area contributed by atoms with E-state index in [0.717, 1.165) is 12.1 Å². The van der Waals surface area contributed by atoms with Gasteiger partial charge < -0.3 is 20.5 Å². The van der Waals surface area contributed by atoms with Crippen LogP contribution in [0.1, 0.15) is 19.8 Å². The summed E-state index contributed by atoms with van der Waals surface area (Å²) < 4.78 is 46.4. The molecular formula is C13H17F3N2O3. The first-order chi connectivity index (χ1) is 9.93. The number of esters is 1. The number of benzene rings is 1. The maximum atomic E-state index is 13.3. The van der Waals surface area contributed by atoms with Crippen LogP contribution in [0.25, 0.3) is 0 Å². The number of hydrogen-bond donors (Lipinski definition) is 2. The number of ether oxygens (including phenoxy) is 2. The second-order valence-electron chi connectivity index (χ2n) is 4.08. The van der Waals surface area contributed by atoms with E-state index in [9.17, 15) is 18.0 Å². The predicted octanol–water partition coefficient (Wildman–Crippen LogP) is 2.76. The normalized spacial score (nSPS) is 10.5. The van der Waals surface area contributed by atoms with Crippen molar-refractivity contribution in [1.82, 2.24) is 0 Å². The monoisotopic (exact) mass is 306 g/mol. The summed E-state index contributed by atoms with van der Waals surface area (Å²) in [5, 5.41) is 2.83. The standard InChI is InChI=1S/C13H17F3N2O3/c1-2-20-12(19)4-3-5-18-10-7-11(21-13(15)16)8(14)6-9(10)17/h6-7,13,18H,2-5,17H2,1H3. The van der Waals surface area contributed by atoms with Crippen molar-refractivity contribution in [2.75, 3.05) is 24.2 Å². The summed E-state index contributed by atoms with van der Waals surface area (Å²) in [6, 6.07) is 1.95. The smallest absolute Gasteiger partial charge is 0.387 e. The summed E-state index contributed by atoms with van der Waals surface area (Å²) in [6.07, 6.45) is 0.670. The fraction of sp³-hybridized carbons (Fsp3) is 0.462. The molecule has 0 unspecified atom stereocenters. The Balaban J connectivity index is 2.56. The van der Waals surface area contributed by atoms with E-state index in [1.54, 1.807) is 6.92 Å². The van der Waals surface area contributed by atoms with Crippen LogP contribution < -0.4 is 15.8 Å². The van der Waals surface area contributed by atoms with Crippen LogP contribution in [0.3, 0.4) is 0 Å². The molecule has 0 fully saturated rings. The SMILES string of the molecule is CCOC(=O)CCCNc1cc(OC(F)F)c(F)cc1N. The molecule has 1 rings (SSSR count). The molecule has 0 aliphatic rings. The van der Waals surface area contributed by atoms with Crippen molar-refractivity contribution in [2.24, 2.45) is 0 Å². The van der Waals surface area contributed by atoms with E-state index in [4.69, 9.17) is 10.5 Å². The number of nitrogen functional groups attached to an aromatic ring is 1. The van der Waals surface area contributed by atoms with E-state index in [1.165, 1.54) is 0 Å². The first-order valence-electron chi connectivity index (χ1n) is 6.37. The van der Waals surface area contributed by atoms with Crippen LogP contribution in [0, 0.1) is 5.82 Å². The van der Waals surface area contributed by atoms with Crippen molar-refractivity contribution in [3.05, 3.63) is 17.9 Å². The zero-order valence-electron chi connectivity index (χ0n) is 11.5. The van der Waals surface area contributed by atoms with Gasteiger partial charge in [0.1, 0.15) is 0 Å². The molecule has 0 saturated carbocycles. The predicted molar refractivity (Wildman–Crippen MR) is 71.8 cm³/mol. The number of alkyl halides is 2. The minimum atomic E-state index is -3.13. The van der Waals surface area contributed by atoms with Crippen LogP contribution in [0.5, 0.6) is 5.75 Å². The summed E-state index contributed by atoms with van der Waals surface area (Å²) in [6.45, 7) is -0.756. The van der Waals surface area contributed by atoms with Gasteiger partial charge in [0.05, 0.1) is 18.0 Å². The Morgan fingerprint density at radius 1 is 1.43 bits per heavy atom. The molecule has 0 saturated heterocycles. The third-order valence-corrected chi connectivity index (χ3v) is 2.50. The molecule has 3 N–H and O–H groups in total. The van der Waals surface area contributed by atoms with Gasteiger partial charge in [-0.2, -0.15) is 8.78 Å². The summed E-state index contributed by atoms with van der Waals surface area (Å²) in [5.41, 5.74) is 5.89. The van der Waals surface area contributed by atoms with Crippen LogP contribution in [-0.4, -0.2) is 25.7 Å². The lowest BCUT2D eigenvalue weighted by atomic mass is 10.2. The minimum absolute atomic E-state index is 0.0604. The molecule has 0 heterocycles. The van der Waals surface area contributed by atoms with Crippen LogP contribution in [-0.2, 0) is 9.53 Å². The maximum absolute atomic E-state index is 13.3. The molecule has 0 aromatic heterocycles. The van der Waals surface area contributed by atoms with Gasteiger partial charge in [-0.3, -0.25) is 4.79 Å². The van der Waals surface area contributed by atoms with Gasteiger partial charge in [-0.25, -0.2) is 4.39 Å². The van der Waals surface area contributed by atoms with Crippen LogP contribution in [0.15, 0.2) is 12.1 Å². The van der Waals surface area contributed by atoms with Gasteiger partial charge in [-0.1, -0.05) is 0 Å². The molecule has 0 spiro atoms. The average Bonchev–Trinajstić information content (AvgIpc) is 2.39. The largest absolute Gasteiger partial charge is 0.466 e. The molecule has 0 aliphatic heterocycles. The number of hydrogen-bond acceptors (Lipinski definition) is 5. The molecule has 1 aromatic rings. The molecule has 0 radical (unpaired) electrons. The molecule has 5 nitrogen and oxygen atoms in total. The van der Waals surface area contributed by atoms with E-state index < -0.39 is 18.2 Å². The third kappa shape index (κ3) is 5.80. The number of rotatable bonds is 8. The molecule has 0 aliphatic carbocycles. The first kappa shape index (κ1) is 16.9. The second kappa shape index (κ2) is 8.23. The average molecular weight is 306 g/mol. The highest BCUT2D eigenvalue weighted by Gasteiger charge is 2.13. The lowest BCUT2D eigenvalue weighted by molar-refractivity contribution is -0.143. The van der Waals surface area contributed by atoms with Crippen molar-refractivity contribution < 1.29 is 27.4 Å². The Labute approximate surface area is 120 Å². The molecule has 1 aromatic carbocycles. The van der Waals surface area contributed by atoms with Gasteiger partial charge >= 0.3 is 12.6 Å². The van der Waals surface area contributed by atoms with Gasteiger partial charge in [0.15, 0.2) is 11.6 Å². The highest BCUT2D eigenvalue weighted by molar-refractivity contribution is 5.70. The Morgan fingerprint density at radius 3 is 2.76 bits per heavy atom. The van der Waals surface area contributed by atoms with Gasteiger partial charge in [-0.05, 0) is 13.3 Å². The Morgan fingerprint density at radius 2 is 2.14 bits per heavy atom. The Bertz CT molecular complexity index is 484. The quantitative estimate of drug-likeness (QED) is 0.439. The van der Waals surface area contributed by atoms with E-state index in [1.807, 2.05) is 0 Å². The van der Waals surface area contributed by atoms with Crippen molar-refractivity contribution in [2.45, 2.75) is 26.4 Å². The van der Waals surface area contributed by atoms with E-state index in [0.29, 0.717) is 19.6 Å². The molecule has 118 valence electrons. The number of halogens is 3. The summed E-state index contributed by atoms with van der Waals surface area (Å²) in [7, 11) is 0. The lowest BCUT2D eigenvalue weighted by Crippen LogP contribution is -2.10. The van der Waals surface area contributed by atoms with Crippen LogP contribution in [0.4, 0.5) is 24.5 Å². The van der Waals surface area contributed by atoms with Crippen LogP contribution in [0.2, 0.25) is 0 Å². The number of nitrogens with one attached hydrogen (secondary N) is 1. The van der Waals surface area contributed by atoms with Crippen molar-refractivity contribution in [3.8, 4) is 5.75 Å². The van der Waals surface area contributed by atoms with Crippen LogP contribution >= 0.6 is 0 Å². The van der Waals surface area contributed by atoms with Gasteiger partial charge in [0.2, 0.25) is 0 Å². The van der Waals surface area contributed by atoms with E-state index in [2.05, 4.69) is 10.1 Å². The Kier molecular flexibility index (Phi) is 6.64. The molecular weight excluding hydrogens is 289 g/mol. The number of anilines is 2. The Hall–Kier alpha value is -2.12. The molecule has 8 heteroatoms. The van der Waals surface area contributed by atoms with Gasteiger partial charge in [0.25, 0.3) is 0 Å². The highest BCUT2D eigenvalue weighted by atomic mass is 19.3. The molecule has 0 bridgehead atoms. The molecule has 21 heavy (non-hydrogen) atoms. The van der Waals surface area contributed by atoms with E-state index >= 15 is 0 Å².